The van der Waals surface area contributed by atoms with Crippen LogP contribution in [0, 0.1) is 0 Å². The van der Waals surface area contributed by atoms with Gasteiger partial charge in [0.1, 0.15) is 4.83 Å². The van der Waals surface area contributed by atoms with Crippen LogP contribution in [-0.2, 0) is 11.3 Å². The zero-order valence-electron chi connectivity index (χ0n) is 16.6. The highest BCUT2D eigenvalue weighted by Crippen LogP contribution is 2.34. The molecule has 29 heavy (non-hydrogen) atoms. The maximum Gasteiger partial charge on any atom is 0.263 e. The molecule has 0 radical (unpaired) electrons. The van der Waals surface area contributed by atoms with Crippen molar-refractivity contribution in [2.24, 2.45) is 0 Å². The Balaban J connectivity index is 1.57. The van der Waals surface area contributed by atoms with Gasteiger partial charge in [0.2, 0.25) is 5.91 Å². The number of fused-ring (bicyclic) bond motifs is 1. The Labute approximate surface area is 182 Å². The lowest BCUT2D eigenvalue weighted by molar-refractivity contribution is -0.128. The first-order chi connectivity index (χ1) is 14.2. The van der Waals surface area contributed by atoms with Gasteiger partial charge < -0.3 is 4.90 Å². The van der Waals surface area contributed by atoms with Crippen LogP contribution in [0.25, 0.3) is 20.7 Å². The Kier molecular flexibility index (Phi) is 6.72. The van der Waals surface area contributed by atoms with Gasteiger partial charge in [0.15, 0.2) is 5.16 Å². The van der Waals surface area contributed by atoms with Gasteiger partial charge in [-0.05, 0) is 31.2 Å². The lowest BCUT2D eigenvalue weighted by Gasteiger charge is -2.24. The topological polar surface area (TPSA) is 55.2 Å². The summed E-state index contributed by atoms with van der Waals surface area (Å²) in [7, 11) is 0. The molecule has 4 heterocycles. The highest BCUT2D eigenvalue weighted by molar-refractivity contribution is 7.99. The smallest absolute Gasteiger partial charge is 0.263 e. The SMILES string of the molecule is CCn1c(SCC(=O)N2CCCCCCC2)nc2scc(-c3cccs3)c2c1=O. The van der Waals surface area contributed by atoms with Crippen molar-refractivity contribution in [1.29, 1.82) is 0 Å². The van der Waals surface area contributed by atoms with Gasteiger partial charge in [-0.15, -0.1) is 22.7 Å². The molecule has 8 heteroatoms. The van der Waals surface area contributed by atoms with Crippen LogP contribution < -0.4 is 5.56 Å². The number of carbonyl (C=O) groups excluding carboxylic acids is 1. The quantitative estimate of drug-likeness (QED) is 0.404. The molecule has 3 aromatic heterocycles. The molecule has 1 amide bonds. The number of hydrogen-bond acceptors (Lipinski definition) is 6. The summed E-state index contributed by atoms with van der Waals surface area (Å²) in [6, 6.07) is 4.03. The number of amides is 1. The molecule has 0 bridgehead atoms. The maximum absolute atomic E-state index is 13.2. The second kappa shape index (κ2) is 9.45. The second-order valence-electron chi connectivity index (χ2n) is 7.19. The third kappa shape index (κ3) is 4.44. The lowest BCUT2D eigenvalue weighted by atomic mass is 10.1. The molecule has 0 spiro atoms. The third-order valence-electron chi connectivity index (χ3n) is 5.30. The van der Waals surface area contributed by atoms with Crippen molar-refractivity contribution >= 4 is 50.6 Å². The number of aromatic nitrogens is 2. The molecule has 0 N–H and O–H groups in total. The largest absolute Gasteiger partial charge is 0.342 e. The first-order valence-corrected chi connectivity index (χ1v) is 12.9. The number of likely N-dealkylation sites (tertiary alicyclic amines) is 1. The standard InChI is InChI=1S/C21H25N3O2S3/c1-2-24-20(26)18-15(16-9-8-12-27-16)13-28-19(18)22-21(24)29-14-17(25)23-10-6-4-3-5-7-11-23/h8-9,12-13H,2-7,10-11,14H2,1H3. The van der Waals surface area contributed by atoms with Crippen molar-refractivity contribution in [3.63, 3.8) is 0 Å². The van der Waals surface area contributed by atoms with Crippen molar-refractivity contribution in [3.05, 3.63) is 33.2 Å². The van der Waals surface area contributed by atoms with Gasteiger partial charge in [-0.3, -0.25) is 14.2 Å². The van der Waals surface area contributed by atoms with E-state index in [1.165, 1.54) is 42.4 Å². The van der Waals surface area contributed by atoms with Crippen molar-refractivity contribution in [1.82, 2.24) is 14.5 Å². The predicted octanol–water partition coefficient (Wildman–Crippen LogP) is 5.09. The summed E-state index contributed by atoms with van der Waals surface area (Å²) in [6.07, 6.45) is 5.85. The van der Waals surface area contributed by atoms with E-state index in [2.05, 4.69) is 0 Å². The third-order valence-corrected chi connectivity index (χ3v) is 8.03. The van der Waals surface area contributed by atoms with E-state index in [9.17, 15) is 9.59 Å². The molecule has 4 rings (SSSR count). The number of nitrogens with zero attached hydrogens (tertiary/aromatic N) is 3. The molecule has 3 aromatic rings. The summed E-state index contributed by atoms with van der Waals surface area (Å²) >= 11 is 4.52. The average Bonchev–Trinajstić information content (AvgIpc) is 3.35. The van der Waals surface area contributed by atoms with Gasteiger partial charge >= 0.3 is 0 Å². The summed E-state index contributed by atoms with van der Waals surface area (Å²) in [4.78, 5) is 34.5. The van der Waals surface area contributed by atoms with Crippen LogP contribution in [-0.4, -0.2) is 39.2 Å². The molecule has 0 atom stereocenters. The van der Waals surface area contributed by atoms with Crippen molar-refractivity contribution in [3.8, 4) is 10.4 Å². The molecule has 1 fully saturated rings. The average molecular weight is 448 g/mol. The van der Waals surface area contributed by atoms with Crippen molar-refractivity contribution < 1.29 is 4.79 Å². The van der Waals surface area contributed by atoms with E-state index >= 15 is 0 Å². The number of thioether (sulfide) groups is 1. The van der Waals surface area contributed by atoms with Crippen LogP contribution in [0.1, 0.15) is 39.0 Å². The first-order valence-electron chi connectivity index (χ1n) is 10.2. The molecular weight excluding hydrogens is 422 g/mol. The van der Waals surface area contributed by atoms with E-state index in [0.29, 0.717) is 22.8 Å². The van der Waals surface area contributed by atoms with Gasteiger partial charge in [-0.1, -0.05) is 37.1 Å². The predicted molar refractivity (Wildman–Crippen MR) is 123 cm³/mol. The van der Waals surface area contributed by atoms with Crippen LogP contribution in [0.3, 0.4) is 0 Å². The monoisotopic (exact) mass is 447 g/mol. The molecule has 154 valence electrons. The van der Waals surface area contributed by atoms with Crippen LogP contribution in [0.4, 0.5) is 0 Å². The summed E-state index contributed by atoms with van der Waals surface area (Å²) in [5.74, 6) is 0.487. The fraction of sp³-hybridized carbons (Fsp3) is 0.476. The fourth-order valence-electron chi connectivity index (χ4n) is 3.72. The minimum absolute atomic E-state index is 0.0108. The molecule has 5 nitrogen and oxygen atoms in total. The summed E-state index contributed by atoms with van der Waals surface area (Å²) in [5.41, 5.74) is 0.955. The molecular formula is C21H25N3O2S3. The van der Waals surface area contributed by atoms with E-state index in [4.69, 9.17) is 4.98 Å². The second-order valence-corrected chi connectivity index (χ2v) is 9.94. The lowest BCUT2D eigenvalue weighted by Crippen LogP contribution is -2.35. The Morgan fingerprint density at radius 2 is 1.93 bits per heavy atom. The molecule has 0 unspecified atom stereocenters. The fourth-order valence-corrected chi connectivity index (χ4v) is 6.49. The molecule has 0 aromatic carbocycles. The normalized spacial score (nSPS) is 15.4. The van der Waals surface area contributed by atoms with Gasteiger partial charge in [0.25, 0.3) is 5.56 Å². The van der Waals surface area contributed by atoms with Crippen molar-refractivity contribution in [2.45, 2.75) is 50.7 Å². The van der Waals surface area contributed by atoms with Crippen LogP contribution in [0.15, 0.2) is 32.8 Å². The minimum Gasteiger partial charge on any atom is -0.342 e. The van der Waals surface area contributed by atoms with E-state index in [1.807, 2.05) is 34.7 Å². The van der Waals surface area contributed by atoms with Crippen molar-refractivity contribution in [2.75, 3.05) is 18.8 Å². The zero-order chi connectivity index (χ0) is 20.2. The van der Waals surface area contributed by atoms with E-state index in [-0.39, 0.29) is 11.5 Å². The number of rotatable bonds is 5. The molecule has 1 aliphatic rings. The summed E-state index contributed by atoms with van der Waals surface area (Å²) in [6.45, 7) is 4.20. The molecule has 1 saturated heterocycles. The Bertz CT molecular complexity index is 1030. The number of hydrogen-bond donors (Lipinski definition) is 0. The number of carbonyl (C=O) groups is 1. The Morgan fingerprint density at radius 1 is 1.17 bits per heavy atom. The summed E-state index contributed by atoms with van der Waals surface area (Å²) < 4.78 is 1.71. The van der Waals surface area contributed by atoms with Gasteiger partial charge in [0, 0.05) is 35.5 Å². The number of thiophene rings is 2. The van der Waals surface area contributed by atoms with Crippen LogP contribution in [0.5, 0.6) is 0 Å². The van der Waals surface area contributed by atoms with Crippen LogP contribution in [0.2, 0.25) is 0 Å². The molecule has 0 aliphatic carbocycles. The van der Waals surface area contributed by atoms with E-state index in [1.54, 1.807) is 15.9 Å². The van der Waals surface area contributed by atoms with Gasteiger partial charge in [-0.25, -0.2) is 4.98 Å². The van der Waals surface area contributed by atoms with Gasteiger partial charge in [-0.2, -0.15) is 0 Å². The van der Waals surface area contributed by atoms with Crippen LogP contribution >= 0.6 is 34.4 Å². The first kappa shape index (κ1) is 20.6. The van der Waals surface area contributed by atoms with E-state index < -0.39 is 0 Å². The Hall–Kier alpha value is -1.64. The minimum atomic E-state index is -0.0108. The highest BCUT2D eigenvalue weighted by atomic mass is 32.2. The summed E-state index contributed by atoms with van der Waals surface area (Å²) in [5, 5.41) is 5.37. The zero-order valence-corrected chi connectivity index (χ0v) is 19.0. The molecule has 1 aliphatic heterocycles. The Morgan fingerprint density at radius 3 is 2.62 bits per heavy atom. The van der Waals surface area contributed by atoms with E-state index in [0.717, 1.165) is 41.2 Å². The molecule has 0 saturated carbocycles. The van der Waals surface area contributed by atoms with Gasteiger partial charge in [0.05, 0.1) is 11.1 Å². The highest BCUT2D eigenvalue weighted by Gasteiger charge is 2.20. The maximum atomic E-state index is 13.2.